The zero-order valence-electron chi connectivity index (χ0n) is 11.6. The lowest BCUT2D eigenvalue weighted by Crippen LogP contribution is -2.05. The Morgan fingerprint density at radius 1 is 1.19 bits per heavy atom. The van der Waals surface area contributed by atoms with E-state index < -0.39 is 5.97 Å². The fourth-order valence-corrected chi connectivity index (χ4v) is 3.21. The van der Waals surface area contributed by atoms with E-state index >= 15 is 0 Å². The third kappa shape index (κ3) is 2.93. The van der Waals surface area contributed by atoms with Crippen LogP contribution in [0.3, 0.4) is 0 Å². The third-order valence-corrected chi connectivity index (χ3v) is 4.27. The molecule has 1 N–H and O–H groups in total. The summed E-state index contributed by atoms with van der Waals surface area (Å²) in [5, 5.41) is 9.81. The van der Waals surface area contributed by atoms with Gasteiger partial charge in [-0.1, -0.05) is 42.6 Å². The van der Waals surface area contributed by atoms with Gasteiger partial charge in [0.25, 0.3) is 0 Å². The largest absolute Gasteiger partial charge is 0.477 e. The summed E-state index contributed by atoms with van der Waals surface area (Å²) in [7, 11) is 0. The van der Waals surface area contributed by atoms with Crippen molar-refractivity contribution >= 4 is 17.6 Å². The molecule has 1 heterocycles. The molecule has 2 aromatic rings. The molecule has 0 aliphatic heterocycles. The Morgan fingerprint density at radius 3 is 2.62 bits per heavy atom. The first kappa shape index (κ1) is 14.1. The van der Waals surface area contributed by atoms with E-state index in [-0.39, 0.29) is 5.69 Å². The number of rotatable bonds is 3. The Hall–Kier alpha value is -1.87. The van der Waals surface area contributed by atoms with Crippen molar-refractivity contribution in [2.75, 3.05) is 0 Å². The van der Waals surface area contributed by atoms with E-state index in [0.717, 1.165) is 29.7 Å². The quantitative estimate of drug-likeness (QED) is 0.889. The number of hydrogen-bond acceptors (Lipinski definition) is 2. The van der Waals surface area contributed by atoms with Gasteiger partial charge in [-0.15, -0.1) is 0 Å². The van der Waals surface area contributed by atoms with E-state index in [2.05, 4.69) is 4.98 Å². The maximum absolute atomic E-state index is 11.2. The maximum Gasteiger partial charge on any atom is 0.354 e. The van der Waals surface area contributed by atoms with Gasteiger partial charge in [0.15, 0.2) is 0 Å². The third-order valence-electron chi connectivity index (χ3n) is 4.04. The lowest BCUT2D eigenvalue weighted by molar-refractivity contribution is 0.0690. The monoisotopic (exact) mass is 301 g/mol. The highest BCUT2D eigenvalue weighted by Gasteiger charge is 2.22. The van der Waals surface area contributed by atoms with Gasteiger partial charge in [0.2, 0.25) is 0 Å². The molecule has 0 unspecified atom stereocenters. The molecule has 1 fully saturated rings. The number of halogens is 1. The lowest BCUT2D eigenvalue weighted by Gasteiger charge is -2.15. The number of nitrogens with zero attached hydrogens (tertiary/aromatic N) is 1. The van der Waals surface area contributed by atoms with Crippen molar-refractivity contribution in [2.45, 2.75) is 31.6 Å². The van der Waals surface area contributed by atoms with Gasteiger partial charge in [0, 0.05) is 10.6 Å². The Morgan fingerprint density at radius 2 is 1.95 bits per heavy atom. The average Bonchev–Trinajstić information content (AvgIpc) is 3.00. The molecule has 108 valence electrons. The molecule has 3 nitrogen and oxygen atoms in total. The van der Waals surface area contributed by atoms with Gasteiger partial charge >= 0.3 is 5.97 Å². The normalized spacial score (nSPS) is 15.3. The molecular formula is C17H16ClNO2. The second kappa shape index (κ2) is 5.86. The fraction of sp³-hybridized carbons (Fsp3) is 0.294. The Balaban J connectivity index is 2.13. The first-order valence-electron chi connectivity index (χ1n) is 7.15. The average molecular weight is 302 g/mol. The number of hydrogen-bond donors (Lipinski definition) is 1. The fourth-order valence-electron chi connectivity index (χ4n) is 3.02. The summed E-state index contributed by atoms with van der Waals surface area (Å²) < 4.78 is 0. The number of carbonyl (C=O) groups is 1. The molecule has 0 bridgehead atoms. The van der Waals surface area contributed by atoms with Crippen LogP contribution in [0.1, 0.15) is 47.7 Å². The number of carboxylic acids is 1. The number of carboxylic acid groups (broad SMARTS) is 1. The zero-order valence-corrected chi connectivity index (χ0v) is 12.3. The van der Waals surface area contributed by atoms with Gasteiger partial charge in [0.1, 0.15) is 5.69 Å². The highest BCUT2D eigenvalue weighted by atomic mass is 35.5. The smallest absolute Gasteiger partial charge is 0.354 e. The second-order valence-corrected chi connectivity index (χ2v) is 5.87. The molecule has 21 heavy (non-hydrogen) atoms. The van der Waals surface area contributed by atoms with Gasteiger partial charge < -0.3 is 5.11 Å². The molecule has 1 saturated carbocycles. The number of pyridine rings is 1. The van der Waals surface area contributed by atoms with Crippen molar-refractivity contribution < 1.29 is 9.90 Å². The summed E-state index contributed by atoms with van der Waals surface area (Å²) in [6.07, 6.45) is 4.73. The van der Waals surface area contributed by atoms with Crippen LogP contribution in [0.2, 0.25) is 5.02 Å². The number of aromatic nitrogens is 1. The van der Waals surface area contributed by atoms with E-state index in [4.69, 9.17) is 11.6 Å². The van der Waals surface area contributed by atoms with E-state index in [0.29, 0.717) is 10.9 Å². The summed E-state index contributed by atoms with van der Waals surface area (Å²) in [6, 6.07) is 11.0. The maximum atomic E-state index is 11.2. The Labute approximate surface area is 128 Å². The van der Waals surface area contributed by atoms with Crippen molar-refractivity contribution in [3.05, 3.63) is 52.7 Å². The second-order valence-electron chi connectivity index (χ2n) is 5.43. The highest BCUT2D eigenvalue weighted by Crippen LogP contribution is 2.38. The van der Waals surface area contributed by atoms with Crippen LogP contribution in [0.15, 0.2) is 36.4 Å². The van der Waals surface area contributed by atoms with Gasteiger partial charge in [-0.25, -0.2) is 9.78 Å². The van der Waals surface area contributed by atoms with Crippen LogP contribution in [0.4, 0.5) is 0 Å². The Kier molecular flexibility index (Phi) is 3.93. The van der Waals surface area contributed by atoms with Crippen LogP contribution >= 0.6 is 11.6 Å². The SMILES string of the molecule is O=C(O)c1ccc(C2CCCC2)c(-c2cccc(Cl)c2)n1. The summed E-state index contributed by atoms with van der Waals surface area (Å²) >= 11 is 6.06. The van der Waals surface area contributed by atoms with E-state index in [1.807, 2.05) is 24.3 Å². The van der Waals surface area contributed by atoms with Gasteiger partial charge in [-0.05, 0) is 42.5 Å². The van der Waals surface area contributed by atoms with E-state index in [1.54, 1.807) is 12.1 Å². The van der Waals surface area contributed by atoms with E-state index in [9.17, 15) is 9.90 Å². The zero-order chi connectivity index (χ0) is 14.8. The van der Waals surface area contributed by atoms with Gasteiger partial charge in [0.05, 0.1) is 5.69 Å². The van der Waals surface area contributed by atoms with Crippen LogP contribution in [0, 0.1) is 0 Å². The lowest BCUT2D eigenvalue weighted by atomic mass is 9.93. The van der Waals surface area contributed by atoms with Crippen LogP contribution in [-0.4, -0.2) is 16.1 Å². The van der Waals surface area contributed by atoms with Crippen LogP contribution < -0.4 is 0 Å². The van der Waals surface area contributed by atoms with Gasteiger partial charge in [-0.2, -0.15) is 0 Å². The molecule has 1 aliphatic rings. The molecule has 3 rings (SSSR count). The van der Waals surface area contributed by atoms with Crippen LogP contribution in [-0.2, 0) is 0 Å². The molecule has 0 spiro atoms. The van der Waals surface area contributed by atoms with Crippen molar-refractivity contribution in [3.63, 3.8) is 0 Å². The molecule has 0 radical (unpaired) electrons. The summed E-state index contributed by atoms with van der Waals surface area (Å²) in [4.78, 5) is 15.6. The predicted molar refractivity (Wildman–Crippen MR) is 82.9 cm³/mol. The molecule has 1 aromatic heterocycles. The van der Waals surface area contributed by atoms with E-state index in [1.165, 1.54) is 12.8 Å². The molecular weight excluding hydrogens is 286 g/mol. The van der Waals surface area contributed by atoms with Crippen molar-refractivity contribution in [1.29, 1.82) is 0 Å². The summed E-state index contributed by atoms with van der Waals surface area (Å²) in [5.41, 5.74) is 2.85. The van der Waals surface area contributed by atoms with Crippen molar-refractivity contribution in [1.82, 2.24) is 4.98 Å². The van der Waals surface area contributed by atoms with Crippen molar-refractivity contribution in [2.24, 2.45) is 0 Å². The first-order chi connectivity index (χ1) is 10.1. The molecule has 0 amide bonds. The predicted octanol–water partition coefficient (Wildman–Crippen LogP) is 4.76. The highest BCUT2D eigenvalue weighted by molar-refractivity contribution is 6.30. The van der Waals surface area contributed by atoms with Gasteiger partial charge in [-0.3, -0.25) is 0 Å². The molecule has 0 saturated heterocycles. The summed E-state index contributed by atoms with van der Waals surface area (Å²) in [5.74, 6) is -0.537. The summed E-state index contributed by atoms with van der Waals surface area (Å²) in [6.45, 7) is 0. The van der Waals surface area contributed by atoms with Crippen LogP contribution in [0.5, 0.6) is 0 Å². The minimum atomic E-state index is -1.00. The minimum Gasteiger partial charge on any atom is -0.477 e. The molecule has 4 heteroatoms. The standard InChI is InChI=1S/C17H16ClNO2/c18-13-7-3-6-12(10-13)16-14(11-4-1-2-5-11)8-9-15(19-16)17(20)21/h3,6-11H,1-2,4-5H2,(H,20,21). The number of aromatic carboxylic acids is 1. The molecule has 1 aromatic carbocycles. The Bertz CT molecular complexity index is 678. The van der Waals surface area contributed by atoms with Crippen LogP contribution in [0.25, 0.3) is 11.3 Å². The topological polar surface area (TPSA) is 50.2 Å². The molecule has 0 atom stereocenters. The minimum absolute atomic E-state index is 0.0757. The number of benzene rings is 1. The molecule has 1 aliphatic carbocycles. The first-order valence-corrected chi connectivity index (χ1v) is 7.53. The van der Waals surface area contributed by atoms with Crippen molar-refractivity contribution in [3.8, 4) is 11.3 Å².